The lowest BCUT2D eigenvalue weighted by molar-refractivity contribution is 0.0206. The molecule has 2 aromatic heterocycles. The fraction of sp³-hybridized carbons (Fsp3) is 0.333. The standard InChI is InChI=1S/C60H59FN6O5/c1-38-50(61)33-51-49(36-67(64-51)60(41-19-11-6-12-20-41,42-21-13-7-14-22-42)43-23-15-8-16-24-43)52(38)53-47(40-25-26-40)32-48-54(55(53)70-37-39-17-9-5-10-18-39)62-57(71-46-27-29-69-30-28-46)63-56(48)65-34-45-31-44(65)35-66(45)58(68)72-59(2,3)4/h5-24,32-33,36,40,44-46H,25-31,34-35,37H2,1-4H3/t44-,45-/m0/s1. The molecule has 0 radical (unpaired) electrons. The third kappa shape index (κ3) is 8.29. The number of ether oxygens (including phenoxy) is 4. The van der Waals surface area contributed by atoms with Crippen molar-refractivity contribution in [1.82, 2.24) is 24.6 Å². The van der Waals surface area contributed by atoms with Crippen molar-refractivity contribution in [3.05, 3.63) is 179 Å². The van der Waals surface area contributed by atoms with Gasteiger partial charge in [-0.25, -0.2) is 9.18 Å². The summed E-state index contributed by atoms with van der Waals surface area (Å²) in [5.41, 5.74) is 6.62. The lowest BCUT2D eigenvalue weighted by Gasteiger charge is -2.36. The summed E-state index contributed by atoms with van der Waals surface area (Å²) in [5, 5.41) is 7.04. The van der Waals surface area contributed by atoms with Crippen LogP contribution in [0.2, 0.25) is 0 Å². The SMILES string of the molecule is Cc1c(F)cc2nn(C(c3ccccc3)(c3ccccc3)c3ccccc3)cc2c1-c1c(C2CC2)cc2c(N3C[C@@H]4C[C@H]3CN4C(=O)OC(C)(C)C)nc(OC3CCOCC3)nc2c1OCc1ccccc1. The number of hydrogen-bond acceptors (Lipinski definition) is 9. The van der Waals surface area contributed by atoms with Crippen molar-refractivity contribution in [2.24, 2.45) is 0 Å². The van der Waals surface area contributed by atoms with Gasteiger partial charge < -0.3 is 28.7 Å². The molecule has 366 valence electrons. The van der Waals surface area contributed by atoms with E-state index in [9.17, 15) is 4.79 Å². The number of halogens is 1. The first-order valence-electron chi connectivity index (χ1n) is 25.5. The van der Waals surface area contributed by atoms with Gasteiger partial charge in [0.05, 0.1) is 30.8 Å². The minimum atomic E-state index is -0.938. The maximum Gasteiger partial charge on any atom is 0.410 e. The van der Waals surface area contributed by atoms with Crippen LogP contribution in [0, 0.1) is 12.7 Å². The molecule has 0 N–H and O–H groups in total. The molecule has 12 heteroatoms. The molecule has 3 saturated heterocycles. The smallest absolute Gasteiger partial charge is 0.410 e. The van der Waals surface area contributed by atoms with Crippen molar-refractivity contribution in [3.8, 4) is 22.9 Å². The van der Waals surface area contributed by atoms with E-state index in [4.69, 9.17) is 34.0 Å². The molecular weight excluding hydrogens is 904 g/mol. The van der Waals surface area contributed by atoms with E-state index < -0.39 is 11.1 Å². The Labute approximate surface area is 419 Å². The minimum absolute atomic E-state index is 0.00988. The van der Waals surface area contributed by atoms with Crippen molar-refractivity contribution < 1.29 is 28.1 Å². The maximum atomic E-state index is 17.2. The van der Waals surface area contributed by atoms with Gasteiger partial charge in [0.15, 0.2) is 5.75 Å². The van der Waals surface area contributed by atoms with Crippen LogP contribution < -0.4 is 14.4 Å². The molecule has 12 rings (SSSR count). The van der Waals surface area contributed by atoms with Crippen LogP contribution >= 0.6 is 0 Å². The van der Waals surface area contributed by atoms with Gasteiger partial charge in [-0.2, -0.15) is 15.1 Å². The number of likely N-dealkylation sites (tertiary alicyclic amines) is 1. The first-order valence-corrected chi connectivity index (χ1v) is 25.5. The highest BCUT2D eigenvalue weighted by Gasteiger charge is 2.48. The second-order valence-electron chi connectivity index (χ2n) is 20.9. The molecule has 11 nitrogen and oxygen atoms in total. The summed E-state index contributed by atoms with van der Waals surface area (Å²) in [4.78, 5) is 28.3. The van der Waals surface area contributed by atoms with Crippen LogP contribution in [0.4, 0.5) is 15.0 Å². The quantitative estimate of drug-likeness (QED) is 0.111. The van der Waals surface area contributed by atoms with Crippen LogP contribution in [0.5, 0.6) is 11.8 Å². The molecule has 5 heterocycles. The van der Waals surface area contributed by atoms with Gasteiger partial charge in [-0.15, -0.1) is 0 Å². The van der Waals surface area contributed by atoms with E-state index in [0.29, 0.717) is 67.1 Å². The molecule has 2 bridgehead atoms. The van der Waals surface area contributed by atoms with Gasteiger partial charge in [0.2, 0.25) is 0 Å². The number of amides is 1. The van der Waals surface area contributed by atoms with Crippen LogP contribution in [-0.4, -0.2) is 80.8 Å². The Morgan fingerprint density at radius 3 is 1.96 bits per heavy atom. The Kier molecular flexibility index (Phi) is 11.7. The molecule has 1 aliphatic carbocycles. The Balaban J connectivity index is 1.10. The number of nitrogens with zero attached hydrogens (tertiary/aromatic N) is 6. The largest absolute Gasteiger partial charge is 0.486 e. The van der Waals surface area contributed by atoms with Gasteiger partial charge in [-0.1, -0.05) is 121 Å². The number of carbonyl (C=O) groups excluding carboxylic acids is 1. The summed E-state index contributed by atoms with van der Waals surface area (Å²) in [6.45, 7) is 10.1. The van der Waals surface area contributed by atoms with Crippen molar-refractivity contribution in [3.63, 3.8) is 0 Å². The molecule has 3 aliphatic heterocycles. The number of hydrogen-bond donors (Lipinski definition) is 0. The predicted octanol–water partition coefficient (Wildman–Crippen LogP) is 12.1. The fourth-order valence-electron chi connectivity index (χ4n) is 11.4. The van der Waals surface area contributed by atoms with E-state index in [1.165, 1.54) is 0 Å². The number of anilines is 1. The second kappa shape index (κ2) is 18.4. The fourth-order valence-corrected chi connectivity index (χ4v) is 11.4. The molecule has 2 atom stereocenters. The molecule has 4 fully saturated rings. The summed E-state index contributed by atoms with van der Waals surface area (Å²) in [5.74, 6) is 1.10. The number of rotatable bonds is 12. The Morgan fingerprint density at radius 2 is 1.38 bits per heavy atom. The number of fused-ring (bicyclic) bond motifs is 4. The van der Waals surface area contributed by atoms with Gasteiger partial charge in [-0.05, 0) is 92.3 Å². The van der Waals surface area contributed by atoms with Crippen LogP contribution in [0.25, 0.3) is 32.9 Å². The van der Waals surface area contributed by atoms with E-state index >= 15 is 4.39 Å². The van der Waals surface area contributed by atoms with Gasteiger partial charge >= 0.3 is 12.1 Å². The Bertz CT molecular complexity index is 3190. The normalized spacial score (nSPS) is 18.3. The molecular formula is C60H59FN6O5. The molecule has 72 heavy (non-hydrogen) atoms. The lowest BCUT2D eigenvalue weighted by Crippen LogP contribution is -2.50. The van der Waals surface area contributed by atoms with Gasteiger partial charge in [0, 0.05) is 60.1 Å². The summed E-state index contributed by atoms with van der Waals surface area (Å²) in [6, 6.07) is 45.4. The molecule has 1 saturated carbocycles. The highest BCUT2D eigenvalue weighted by Crippen LogP contribution is 2.54. The van der Waals surface area contributed by atoms with E-state index in [0.717, 1.165) is 69.2 Å². The molecule has 0 unspecified atom stereocenters. The lowest BCUT2D eigenvalue weighted by atomic mass is 9.77. The average Bonchev–Trinajstić information content (AvgIpc) is 3.83. The summed E-state index contributed by atoms with van der Waals surface area (Å²) >= 11 is 0. The third-order valence-corrected chi connectivity index (χ3v) is 14.9. The average molecular weight is 963 g/mol. The number of aromatic nitrogens is 4. The maximum absolute atomic E-state index is 17.2. The third-order valence-electron chi connectivity index (χ3n) is 14.9. The van der Waals surface area contributed by atoms with Gasteiger partial charge in [0.1, 0.15) is 41.0 Å². The van der Waals surface area contributed by atoms with Crippen molar-refractivity contribution in [2.75, 3.05) is 31.2 Å². The predicted molar refractivity (Wildman–Crippen MR) is 277 cm³/mol. The van der Waals surface area contributed by atoms with Crippen molar-refractivity contribution in [1.29, 1.82) is 0 Å². The van der Waals surface area contributed by atoms with E-state index in [2.05, 4.69) is 102 Å². The first-order chi connectivity index (χ1) is 35.0. The zero-order chi connectivity index (χ0) is 49.1. The van der Waals surface area contributed by atoms with E-state index in [1.54, 1.807) is 6.07 Å². The summed E-state index contributed by atoms with van der Waals surface area (Å²) < 4.78 is 44.8. The molecule has 6 aromatic carbocycles. The minimum Gasteiger partial charge on any atom is -0.486 e. The first kappa shape index (κ1) is 45.8. The monoisotopic (exact) mass is 962 g/mol. The number of benzene rings is 6. The van der Waals surface area contributed by atoms with Gasteiger partial charge in [0.25, 0.3) is 0 Å². The molecule has 0 spiro atoms. The Morgan fingerprint density at radius 1 is 0.750 bits per heavy atom. The summed E-state index contributed by atoms with van der Waals surface area (Å²) in [7, 11) is 0. The van der Waals surface area contributed by atoms with Crippen LogP contribution in [-0.2, 0) is 21.6 Å². The zero-order valence-electron chi connectivity index (χ0n) is 41.3. The Hall–Kier alpha value is -7.31. The van der Waals surface area contributed by atoms with Crippen LogP contribution in [0.15, 0.2) is 140 Å². The van der Waals surface area contributed by atoms with Gasteiger partial charge in [-0.3, -0.25) is 4.68 Å². The highest BCUT2D eigenvalue weighted by molar-refractivity contribution is 6.06. The molecule has 1 amide bonds. The second-order valence-corrected chi connectivity index (χ2v) is 20.9. The molecule has 4 aliphatic rings. The molecule has 8 aromatic rings. The summed E-state index contributed by atoms with van der Waals surface area (Å²) in [6.07, 6.45) is 5.80. The number of carbonyl (C=O) groups is 1. The van der Waals surface area contributed by atoms with Crippen LogP contribution in [0.3, 0.4) is 0 Å². The van der Waals surface area contributed by atoms with E-state index in [1.807, 2.05) is 73.7 Å². The topological polar surface area (TPSA) is 104 Å². The van der Waals surface area contributed by atoms with E-state index in [-0.39, 0.29) is 48.6 Å². The zero-order valence-corrected chi connectivity index (χ0v) is 41.3. The van der Waals surface area contributed by atoms with Crippen LogP contribution in [0.1, 0.15) is 92.2 Å². The highest BCUT2D eigenvalue weighted by atomic mass is 19.1. The number of piperazine rings is 1. The van der Waals surface area contributed by atoms with Crippen molar-refractivity contribution >= 4 is 33.7 Å². The van der Waals surface area contributed by atoms with Crippen molar-refractivity contribution in [2.45, 2.75) is 102 Å².